The molecule has 0 bridgehead atoms. The Hall–Kier alpha value is -1.42. The van der Waals surface area contributed by atoms with Gasteiger partial charge in [-0.25, -0.2) is 0 Å². The number of nitrogens with zero attached hydrogens (tertiary/aromatic N) is 1. The number of pyridine rings is 1. The van der Waals surface area contributed by atoms with Crippen molar-refractivity contribution in [3.05, 3.63) is 30.1 Å². The first-order valence-electron chi connectivity index (χ1n) is 6.20. The van der Waals surface area contributed by atoms with Gasteiger partial charge in [-0.2, -0.15) is 0 Å². The number of aromatic nitrogens is 1. The number of rotatable bonds is 4. The van der Waals surface area contributed by atoms with Crippen LogP contribution in [0.15, 0.2) is 24.4 Å². The highest BCUT2D eigenvalue weighted by molar-refractivity contribution is 5.92. The molecule has 1 saturated carbocycles. The summed E-state index contributed by atoms with van der Waals surface area (Å²) < 4.78 is 0. The Morgan fingerprint density at radius 1 is 1.41 bits per heavy atom. The summed E-state index contributed by atoms with van der Waals surface area (Å²) in [5, 5.41) is 2.95. The molecule has 1 aliphatic rings. The molecule has 1 aromatic heterocycles. The van der Waals surface area contributed by atoms with Gasteiger partial charge >= 0.3 is 0 Å². The lowest BCUT2D eigenvalue weighted by molar-refractivity contribution is 0.0939. The number of amides is 1. The van der Waals surface area contributed by atoms with E-state index in [9.17, 15) is 4.79 Å². The Balaban J connectivity index is 1.84. The topological polar surface area (TPSA) is 68.0 Å². The van der Waals surface area contributed by atoms with Crippen LogP contribution in [0.25, 0.3) is 0 Å². The highest BCUT2D eigenvalue weighted by atomic mass is 16.1. The Kier molecular flexibility index (Phi) is 4.09. The zero-order chi connectivity index (χ0) is 12.1. The van der Waals surface area contributed by atoms with Crippen LogP contribution in [0.1, 0.15) is 29.8 Å². The second-order valence-electron chi connectivity index (χ2n) is 4.61. The number of nitrogens with one attached hydrogen (secondary N) is 1. The van der Waals surface area contributed by atoms with Crippen LogP contribution in [0.3, 0.4) is 0 Å². The maximum atomic E-state index is 11.8. The van der Waals surface area contributed by atoms with E-state index >= 15 is 0 Å². The maximum Gasteiger partial charge on any atom is 0.269 e. The quantitative estimate of drug-likeness (QED) is 0.820. The molecule has 1 heterocycles. The lowest BCUT2D eigenvalue weighted by atomic mass is 9.96. The lowest BCUT2D eigenvalue weighted by Crippen LogP contribution is -2.33. The second-order valence-corrected chi connectivity index (χ2v) is 4.61. The minimum absolute atomic E-state index is 0.0896. The zero-order valence-corrected chi connectivity index (χ0v) is 9.93. The monoisotopic (exact) mass is 233 g/mol. The molecule has 0 aliphatic heterocycles. The van der Waals surface area contributed by atoms with E-state index in [1.807, 2.05) is 6.07 Å². The standard InChI is InChI=1S/C13H19N3O/c14-8-10-4-3-5-11(10)9-16-13(17)12-6-1-2-7-15-12/h1-2,6-7,10-11H,3-5,8-9,14H2,(H,16,17). The first-order valence-corrected chi connectivity index (χ1v) is 6.20. The highest BCUT2D eigenvalue weighted by Crippen LogP contribution is 2.30. The Labute approximate surface area is 102 Å². The van der Waals surface area contributed by atoms with E-state index in [1.54, 1.807) is 18.3 Å². The van der Waals surface area contributed by atoms with Gasteiger partial charge in [-0.3, -0.25) is 9.78 Å². The molecule has 2 atom stereocenters. The molecule has 4 nitrogen and oxygen atoms in total. The van der Waals surface area contributed by atoms with Gasteiger partial charge in [0, 0.05) is 12.7 Å². The number of hydrogen-bond donors (Lipinski definition) is 2. The van der Waals surface area contributed by atoms with Crippen LogP contribution in [0, 0.1) is 11.8 Å². The molecule has 1 aliphatic carbocycles. The predicted molar refractivity (Wildman–Crippen MR) is 66.5 cm³/mol. The van der Waals surface area contributed by atoms with Crippen molar-refractivity contribution < 1.29 is 4.79 Å². The van der Waals surface area contributed by atoms with Gasteiger partial charge in [0.25, 0.3) is 5.91 Å². The van der Waals surface area contributed by atoms with Crippen molar-refractivity contribution in [2.75, 3.05) is 13.1 Å². The smallest absolute Gasteiger partial charge is 0.269 e. The molecule has 0 radical (unpaired) electrons. The van der Waals surface area contributed by atoms with Gasteiger partial charge in [0.05, 0.1) is 0 Å². The van der Waals surface area contributed by atoms with Gasteiger partial charge in [-0.1, -0.05) is 12.5 Å². The van der Waals surface area contributed by atoms with Crippen molar-refractivity contribution in [2.24, 2.45) is 17.6 Å². The molecule has 0 aromatic carbocycles. The third-order valence-corrected chi connectivity index (χ3v) is 3.54. The number of carbonyl (C=O) groups is 1. The Morgan fingerprint density at radius 2 is 2.24 bits per heavy atom. The predicted octanol–water partition coefficient (Wildman–Crippen LogP) is 1.19. The van der Waals surface area contributed by atoms with E-state index in [2.05, 4.69) is 10.3 Å². The van der Waals surface area contributed by atoms with Gasteiger partial charge in [-0.05, 0) is 43.4 Å². The van der Waals surface area contributed by atoms with E-state index in [-0.39, 0.29) is 5.91 Å². The minimum atomic E-state index is -0.0896. The molecule has 4 heteroatoms. The largest absolute Gasteiger partial charge is 0.350 e. The van der Waals surface area contributed by atoms with Crippen molar-refractivity contribution in [1.82, 2.24) is 10.3 Å². The van der Waals surface area contributed by atoms with E-state index < -0.39 is 0 Å². The zero-order valence-electron chi connectivity index (χ0n) is 9.93. The highest BCUT2D eigenvalue weighted by Gasteiger charge is 2.26. The Morgan fingerprint density at radius 3 is 2.94 bits per heavy atom. The van der Waals surface area contributed by atoms with Gasteiger partial charge in [0.2, 0.25) is 0 Å². The van der Waals surface area contributed by atoms with Crippen LogP contribution < -0.4 is 11.1 Å². The van der Waals surface area contributed by atoms with Crippen LogP contribution in [-0.4, -0.2) is 24.0 Å². The molecular weight excluding hydrogens is 214 g/mol. The summed E-state index contributed by atoms with van der Waals surface area (Å²) in [7, 11) is 0. The molecule has 92 valence electrons. The van der Waals surface area contributed by atoms with Crippen LogP contribution in [0.2, 0.25) is 0 Å². The van der Waals surface area contributed by atoms with Crippen LogP contribution in [-0.2, 0) is 0 Å². The minimum Gasteiger partial charge on any atom is -0.350 e. The summed E-state index contributed by atoms with van der Waals surface area (Å²) in [6.45, 7) is 1.45. The number of hydrogen-bond acceptors (Lipinski definition) is 3. The number of carbonyl (C=O) groups excluding carboxylic acids is 1. The molecule has 2 unspecified atom stereocenters. The van der Waals surface area contributed by atoms with Crippen molar-refractivity contribution in [1.29, 1.82) is 0 Å². The van der Waals surface area contributed by atoms with Crippen LogP contribution in [0.4, 0.5) is 0 Å². The fourth-order valence-electron chi connectivity index (χ4n) is 2.50. The van der Waals surface area contributed by atoms with E-state index in [0.717, 1.165) is 13.1 Å². The van der Waals surface area contributed by atoms with Crippen LogP contribution >= 0.6 is 0 Å². The molecule has 0 spiro atoms. The molecule has 0 saturated heterocycles. The molecule has 17 heavy (non-hydrogen) atoms. The van der Waals surface area contributed by atoms with E-state index in [4.69, 9.17) is 5.73 Å². The van der Waals surface area contributed by atoms with Crippen molar-refractivity contribution in [2.45, 2.75) is 19.3 Å². The SMILES string of the molecule is NCC1CCCC1CNC(=O)c1ccccn1. The summed E-state index contributed by atoms with van der Waals surface area (Å²) in [5.41, 5.74) is 6.20. The normalized spacial score (nSPS) is 23.6. The number of nitrogens with two attached hydrogens (primary N) is 1. The molecular formula is C13H19N3O. The van der Waals surface area contributed by atoms with Gasteiger partial charge in [0.15, 0.2) is 0 Å². The van der Waals surface area contributed by atoms with Crippen LogP contribution in [0.5, 0.6) is 0 Å². The lowest BCUT2D eigenvalue weighted by Gasteiger charge is -2.18. The second kappa shape index (κ2) is 5.77. The van der Waals surface area contributed by atoms with Gasteiger partial charge < -0.3 is 11.1 Å². The molecule has 1 amide bonds. The first-order chi connectivity index (χ1) is 8.31. The summed E-state index contributed by atoms with van der Waals surface area (Å²) >= 11 is 0. The molecule has 2 rings (SSSR count). The van der Waals surface area contributed by atoms with Crippen molar-refractivity contribution >= 4 is 5.91 Å². The van der Waals surface area contributed by atoms with Gasteiger partial charge in [-0.15, -0.1) is 0 Å². The fourth-order valence-corrected chi connectivity index (χ4v) is 2.50. The summed E-state index contributed by atoms with van der Waals surface area (Å²) in [6, 6.07) is 5.35. The first kappa shape index (κ1) is 12.0. The molecule has 1 fully saturated rings. The molecule has 1 aromatic rings. The average Bonchev–Trinajstić information content (AvgIpc) is 2.84. The summed E-state index contributed by atoms with van der Waals surface area (Å²) in [6.07, 6.45) is 5.23. The third-order valence-electron chi connectivity index (χ3n) is 3.54. The van der Waals surface area contributed by atoms with E-state index in [1.165, 1.54) is 19.3 Å². The van der Waals surface area contributed by atoms with E-state index in [0.29, 0.717) is 17.5 Å². The average molecular weight is 233 g/mol. The van der Waals surface area contributed by atoms with Crippen molar-refractivity contribution in [3.8, 4) is 0 Å². The summed E-state index contributed by atoms with van der Waals surface area (Å²) in [4.78, 5) is 15.8. The van der Waals surface area contributed by atoms with Gasteiger partial charge in [0.1, 0.15) is 5.69 Å². The van der Waals surface area contributed by atoms with Crippen molar-refractivity contribution in [3.63, 3.8) is 0 Å². The molecule has 3 N–H and O–H groups in total. The Bertz CT molecular complexity index is 366. The fraction of sp³-hybridized carbons (Fsp3) is 0.538. The maximum absolute atomic E-state index is 11.8. The third kappa shape index (κ3) is 3.03. The summed E-state index contributed by atoms with van der Waals surface area (Å²) in [5.74, 6) is 1.01.